The van der Waals surface area contributed by atoms with Crippen LogP contribution in [0.3, 0.4) is 0 Å². The third-order valence-electron chi connectivity index (χ3n) is 5.47. The molecular weight excluding hydrogens is 396 g/mol. The van der Waals surface area contributed by atoms with Crippen LogP contribution in [0.25, 0.3) is 27.8 Å². The molecule has 1 heterocycles. The van der Waals surface area contributed by atoms with Crippen LogP contribution in [0.4, 0.5) is 5.69 Å². The lowest BCUT2D eigenvalue weighted by atomic mass is 10.1. The minimum atomic E-state index is -0.346. The molecule has 0 unspecified atom stereocenters. The third kappa shape index (κ3) is 3.76. The van der Waals surface area contributed by atoms with Gasteiger partial charge in [-0.3, -0.25) is 4.79 Å². The van der Waals surface area contributed by atoms with Crippen molar-refractivity contribution < 1.29 is 4.79 Å². The SMILES string of the molecule is Cc1ccc(-c2nc(C(=O)Nc3ccc4ccccc4c3)nn2-c2ccccc2C)cc1. The van der Waals surface area contributed by atoms with E-state index in [-0.39, 0.29) is 11.7 Å². The van der Waals surface area contributed by atoms with Crippen LogP contribution in [-0.4, -0.2) is 20.7 Å². The van der Waals surface area contributed by atoms with Gasteiger partial charge in [0.1, 0.15) is 0 Å². The fourth-order valence-electron chi connectivity index (χ4n) is 3.72. The van der Waals surface area contributed by atoms with E-state index in [1.165, 1.54) is 0 Å². The van der Waals surface area contributed by atoms with Crippen molar-refractivity contribution in [2.24, 2.45) is 0 Å². The Bertz CT molecular complexity index is 1430. The van der Waals surface area contributed by atoms with Crippen molar-refractivity contribution in [3.8, 4) is 17.1 Å². The lowest BCUT2D eigenvalue weighted by molar-refractivity contribution is 0.101. The van der Waals surface area contributed by atoms with Crippen LogP contribution in [0.1, 0.15) is 21.7 Å². The molecule has 1 aromatic heterocycles. The van der Waals surface area contributed by atoms with Gasteiger partial charge in [0.25, 0.3) is 5.91 Å². The fraction of sp³-hybridized carbons (Fsp3) is 0.0741. The van der Waals surface area contributed by atoms with E-state index in [0.717, 1.165) is 33.2 Å². The van der Waals surface area contributed by atoms with Crippen molar-refractivity contribution in [1.82, 2.24) is 14.8 Å². The number of anilines is 1. The second-order valence-corrected chi connectivity index (χ2v) is 7.84. The number of nitrogens with one attached hydrogen (secondary N) is 1. The molecule has 0 aliphatic rings. The van der Waals surface area contributed by atoms with E-state index in [9.17, 15) is 4.79 Å². The minimum Gasteiger partial charge on any atom is -0.319 e. The fourth-order valence-corrected chi connectivity index (χ4v) is 3.72. The molecule has 0 spiro atoms. The van der Waals surface area contributed by atoms with Crippen LogP contribution in [0, 0.1) is 13.8 Å². The molecule has 0 atom stereocenters. The largest absolute Gasteiger partial charge is 0.319 e. The lowest BCUT2D eigenvalue weighted by Gasteiger charge is -2.09. The van der Waals surface area contributed by atoms with Gasteiger partial charge in [0.15, 0.2) is 5.82 Å². The summed E-state index contributed by atoms with van der Waals surface area (Å²) in [5, 5.41) is 9.71. The summed E-state index contributed by atoms with van der Waals surface area (Å²) in [5.41, 5.74) is 4.70. The van der Waals surface area contributed by atoms with E-state index in [4.69, 9.17) is 0 Å². The van der Waals surface area contributed by atoms with Crippen molar-refractivity contribution in [2.45, 2.75) is 13.8 Å². The van der Waals surface area contributed by atoms with Crippen LogP contribution in [0.2, 0.25) is 0 Å². The van der Waals surface area contributed by atoms with E-state index >= 15 is 0 Å². The van der Waals surface area contributed by atoms with Crippen LogP contribution in [0.5, 0.6) is 0 Å². The Labute approximate surface area is 186 Å². The van der Waals surface area contributed by atoms with Gasteiger partial charge >= 0.3 is 0 Å². The molecule has 1 N–H and O–H groups in total. The molecule has 5 aromatic rings. The Morgan fingerprint density at radius 2 is 1.53 bits per heavy atom. The number of rotatable bonds is 4. The second kappa shape index (κ2) is 8.12. The summed E-state index contributed by atoms with van der Waals surface area (Å²) in [6.07, 6.45) is 0. The van der Waals surface area contributed by atoms with Gasteiger partial charge in [-0.05, 0) is 48.4 Å². The summed E-state index contributed by atoms with van der Waals surface area (Å²) in [4.78, 5) is 17.7. The third-order valence-corrected chi connectivity index (χ3v) is 5.47. The molecule has 32 heavy (non-hydrogen) atoms. The molecule has 0 bridgehead atoms. The number of nitrogens with zero attached hydrogens (tertiary/aromatic N) is 3. The van der Waals surface area contributed by atoms with E-state index < -0.39 is 0 Å². The Morgan fingerprint density at radius 1 is 0.812 bits per heavy atom. The van der Waals surface area contributed by atoms with Gasteiger partial charge in [0.05, 0.1) is 5.69 Å². The molecule has 4 aromatic carbocycles. The number of hydrogen-bond acceptors (Lipinski definition) is 3. The standard InChI is InChI=1S/C27H22N4O/c1-18-11-13-21(14-12-18)26-29-25(30-31(26)24-10-6-3-7-19(24)2)27(32)28-23-16-15-20-8-4-5-9-22(20)17-23/h3-17H,1-2H3,(H,28,32). The Balaban J connectivity index is 1.54. The zero-order valence-electron chi connectivity index (χ0n) is 17.9. The maximum absolute atomic E-state index is 13.1. The highest BCUT2D eigenvalue weighted by atomic mass is 16.2. The molecule has 0 aliphatic heterocycles. The molecule has 0 radical (unpaired) electrons. The molecule has 0 saturated heterocycles. The average Bonchev–Trinajstić information content (AvgIpc) is 3.25. The van der Waals surface area contributed by atoms with Gasteiger partial charge in [-0.2, -0.15) is 0 Å². The van der Waals surface area contributed by atoms with Gasteiger partial charge in [-0.25, -0.2) is 9.67 Å². The zero-order chi connectivity index (χ0) is 22.1. The zero-order valence-corrected chi connectivity index (χ0v) is 17.9. The summed E-state index contributed by atoms with van der Waals surface area (Å²) in [7, 11) is 0. The first-order valence-electron chi connectivity index (χ1n) is 10.5. The average molecular weight is 419 g/mol. The van der Waals surface area contributed by atoms with Gasteiger partial charge in [-0.15, -0.1) is 5.10 Å². The summed E-state index contributed by atoms with van der Waals surface area (Å²) in [6.45, 7) is 4.06. The highest BCUT2D eigenvalue weighted by Crippen LogP contribution is 2.24. The molecule has 0 fully saturated rings. The van der Waals surface area contributed by atoms with Crippen LogP contribution >= 0.6 is 0 Å². The maximum atomic E-state index is 13.1. The Hall–Kier alpha value is -4.25. The number of aryl methyl sites for hydroxylation is 2. The topological polar surface area (TPSA) is 59.8 Å². The van der Waals surface area contributed by atoms with Gasteiger partial charge in [-0.1, -0.05) is 78.4 Å². The van der Waals surface area contributed by atoms with E-state index in [1.54, 1.807) is 4.68 Å². The van der Waals surface area contributed by atoms with Crippen LogP contribution < -0.4 is 5.32 Å². The van der Waals surface area contributed by atoms with Crippen molar-refractivity contribution in [1.29, 1.82) is 0 Å². The summed E-state index contributed by atoms with van der Waals surface area (Å²) in [5.74, 6) is 0.404. The molecule has 5 rings (SSSR count). The normalized spacial score (nSPS) is 10.9. The van der Waals surface area contributed by atoms with Crippen molar-refractivity contribution in [3.63, 3.8) is 0 Å². The maximum Gasteiger partial charge on any atom is 0.295 e. The molecule has 5 nitrogen and oxygen atoms in total. The number of amides is 1. The van der Waals surface area contributed by atoms with E-state index in [0.29, 0.717) is 11.5 Å². The molecule has 156 valence electrons. The smallest absolute Gasteiger partial charge is 0.295 e. The molecule has 0 saturated carbocycles. The molecular formula is C27H22N4O. The molecule has 0 aliphatic carbocycles. The first-order valence-corrected chi connectivity index (χ1v) is 10.5. The minimum absolute atomic E-state index is 0.122. The number of benzene rings is 4. The predicted octanol–water partition coefficient (Wildman–Crippen LogP) is 5.96. The van der Waals surface area contributed by atoms with Crippen LogP contribution in [-0.2, 0) is 0 Å². The molecule has 5 heteroatoms. The summed E-state index contributed by atoms with van der Waals surface area (Å²) < 4.78 is 1.75. The number of para-hydroxylation sites is 1. The van der Waals surface area contributed by atoms with Gasteiger partial charge < -0.3 is 5.32 Å². The molecule has 1 amide bonds. The van der Waals surface area contributed by atoms with Crippen LogP contribution in [0.15, 0.2) is 91.0 Å². The number of carbonyl (C=O) groups excluding carboxylic acids is 1. The van der Waals surface area contributed by atoms with E-state index in [2.05, 4.69) is 15.4 Å². The van der Waals surface area contributed by atoms with Crippen molar-refractivity contribution in [3.05, 3.63) is 108 Å². The highest BCUT2D eigenvalue weighted by molar-refractivity contribution is 6.03. The monoisotopic (exact) mass is 418 g/mol. The number of aromatic nitrogens is 3. The second-order valence-electron chi connectivity index (χ2n) is 7.84. The first-order chi connectivity index (χ1) is 15.6. The Kier molecular flexibility index (Phi) is 5.00. The van der Waals surface area contributed by atoms with Gasteiger partial charge in [0.2, 0.25) is 5.82 Å². The number of carbonyl (C=O) groups is 1. The lowest BCUT2D eigenvalue weighted by Crippen LogP contribution is -2.14. The van der Waals surface area contributed by atoms with Gasteiger partial charge in [0, 0.05) is 11.3 Å². The summed E-state index contributed by atoms with van der Waals surface area (Å²) in [6, 6.07) is 29.9. The number of hydrogen-bond donors (Lipinski definition) is 1. The predicted molar refractivity (Wildman–Crippen MR) is 128 cm³/mol. The number of fused-ring (bicyclic) bond motifs is 1. The first kappa shape index (κ1) is 19.7. The highest BCUT2D eigenvalue weighted by Gasteiger charge is 2.20. The van der Waals surface area contributed by atoms with Crippen molar-refractivity contribution in [2.75, 3.05) is 5.32 Å². The summed E-state index contributed by atoms with van der Waals surface area (Å²) >= 11 is 0. The Morgan fingerprint density at radius 3 is 2.31 bits per heavy atom. The van der Waals surface area contributed by atoms with E-state index in [1.807, 2.05) is 105 Å². The quantitative estimate of drug-likeness (QED) is 0.392. The van der Waals surface area contributed by atoms with Crippen molar-refractivity contribution >= 4 is 22.4 Å².